The number of benzene rings is 1. The van der Waals surface area contributed by atoms with Crippen molar-refractivity contribution in [3.8, 4) is 6.19 Å². The van der Waals surface area contributed by atoms with E-state index < -0.39 is 17.9 Å². The summed E-state index contributed by atoms with van der Waals surface area (Å²) in [4.78, 5) is 25.4. The molecule has 0 radical (unpaired) electrons. The van der Waals surface area contributed by atoms with Crippen LogP contribution in [-0.4, -0.2) is 35.8 Å². The zero-order valence-corrected chi connectivity index (χ0v) is 14.0. The summed E-state index contributed by atoms with van der Waals surface area (Å²) >= 11 is 0. The van der Waals surface area contributed by atoms with Crippen LogP contribution in [0.3, 0.4) is 0 Å². The van der Waals surface area contributed by atoms with Crippen molar-refractivity contribution in [3.63, 3.8) is 0 Å². The van der Waals surface area contributed by atoms with Crippen LogP contribution in [0.5, 0.6) is 0 Å². The Morgan fingerprint density at radius 1 is 1.33 bits per heavy atom. The number of nitrogens with two attached hydrogens (primary N) is 1. The van der Waals surface area contributed by atoms with Crippen LogP contribution < -0.4 is 16.4 Å². The number of nitrogens with zero attached hydrogens (tertiary/aromatic N) is 2. The van der Waals surface area contributed by atoms with E-state index in [2.05, 4.69) is 10.6 Å². The van der Waals surface area contributed by atoms with Crippen LogP contribution in [0, 0.1) is 22.8 Å². The Kier molecular flexibility index (Phi) is 6.74. The normalized spacial score (nSPS) is 11.3. The van der Waals surface area contributed by atoms with E-state index in [1.807, 2.05) is 13.8 Å². The number of carbonyl (C=O) groups excluding carboxylic acids is 2. The van der Waals surface area contributed by atoms with Gasteiger partial charge in [0.05, 0.1) is 0 Å². The van der Waals surface area contributed by atoms with Crippen LogP contribution in [0.1, 0.15) is 30.6 Å². The van der Waals surface area contributed by atoms with E-state index in [9.17, 15) is 9.59 Å². The van der Waals surface area contributed by atoms with Crippen molar-refractivity contribution in [1.82, 2.24) is 10.2 Å². The van der Waals surface area contributed by atoms with E-state index >= 15 is 0 Å². The quantitative estimate of drug-likeness (QED) is 0.268. The Balaban J connectivity index is 2.85. The van der Waals surface area contributed by atoms with Gasteiger partial charge in [0.25, 0.3) is 11.8 Å². The lowest BCUT2D eigenvalue weighted by Crippen LogP contribution is -2.46. The zero-order valence-electron chi connectivity index (χ0n) is 14.0. The van der Waals surface area contributed by atoms with Gasteiger partial charge >= 0.3 is 0 Å². The van der Waals surface area contributed by atoms with E-state index in [-0.39, 0.29) is 11.9 Å². The molecule has 0 saturated heterocycles. The molecule has 1 aromatic carbocycles. The molecule has 2 amide bonds. The number of nitrogens with one attached hydrogen (secondary N) is 3. The third-order valence-corrected chi connectivity index (χ3v) is 3.22. The van der Waals surface area contributed by atoms with E-state index in [1.165, 1.54) is 7.05 Å². The first kappa shape index (κ1) is 19.0. The highest BCUT2D eigenvalue weighted by molar-refractivity contribution is 5.98. The number of nitriles is 1. The van der Waals surface area contributed by atoms with Gasteiger partial charge in [-0.25, -0.2) is 0 Å². The smallest absolute Gasteiger partial charge is 0.257 e. The van der Waals surface area contributed by atoms with Gasteiger partial charge in [-0.1, -0.05) is 13.8 Å². The molecule has 5 N–H and O–H groups in total. The maximum atomic E-state index is 12.3. The first-order valence-electron chi connectivity index (χ1n) is 7.43. The average Bonchev–Trinajstić information content (AvgIpc) is 2.52. The largest absolute Gasteiger partial charge is 0.370 e. The maximum absolute atomic E-state index is 12.3. The molecular formula is C16H22N6O2. The van der Waals surface area contributed by atoms with Gasteiger partial charge in [-0.15, -0.1) is 0 Å². The maximum Gasteiger partial charge on any atom is 0.257 e. The molecule has 0 spiro atoms. The molecule has 1 rings (SSSR count). The second-order valence-electron chi connectivity index (χ2n) is 5.77. The molecule has 24 heavy (non-hydrogen) atoms. The molecule has 8 nitrogen and oxygen atoms in total. The second kappa shape index (κ2) is 8.53. The minimum absolute atomic E-state index is 0.175. The standard InChI is InChI=1S/C16H22N6O2/c1-10(2)8-13(15(24)22(3)9-17)21-14(23)11-4-6-12(7-5-11)20-16(18)19/h4-7,10,13H,8H2,1-3H3,(H,21,23)(H4,18,19,20). The number of amides is 2. The molecule has 0 aliphatic heterocycles. The molecule has 0 bridgehead atoms. The second-order valence-corrected chi connectivity index (χ2v) is 5.77. The Bertz CT molecular complexity index is 648. The lowest BCUT2D eigenvalue weighted by Gasteiger charge is -2.21. The van der Waals surface area contributed by atoms with Gasteiger partial charge < -0.3 is 16.4 Å². The number of guanidine groups is 1. The summed E-state index contributed by atoms with van der Waals surface area (Å²) in [5, 5.41) is 21.3. The van der Waals surface area contributed by atoms with Crippen LogP contribution in [0.25, 0.3) is 0 Å². The van der Waals surface area contributed by atoms with Crippen LogP contribution in [0.2, 0.25) is 0 Å². The number of hydrogen-bond acceptors (Lipinski definition) is 4. The Morgan fingerprint density at radius 2 is 1.92 bits per heavy atom. The van der Waals surface area contributed by atoms with Crippen molar-refractivity contribution in [3.05, 3.63) is 29.8 Å². The van der Waals surface area contributed by atoms with E-state index in [1.54, 1.807) is 30.5 Å². The third-order valence-electron chi connectivity index (χ3n) is 3.22. The third kappa shape index (κ3) is 5.61. The SMILES string of the molecule is CC(C)CC(NC(=O)c1ccc(NC(=N)N)cc1)C(=O)N(C)C#N. The first-order chi connectivity index (χ1) is 11.2. The van der Waals surface area contributed by atoms with Gasteiger partial charge in [0.2, 0.25) is 0 Å². The van der Waals surface area contributed by atoms with Crippen molar-refractivity contribution in [1.29, 1.82) is 10.7 Å². The first-order valence-corrected chi connectivity index (χ1v) is 7.43. The van der Waals surface area contributed by atoms with Gasteiger partial charge in [0, 0.05) is 18.3 Å². The summed E-state index contributed by atoms with van der Waals surface area (Å²) in [6, 6.07) is 5.57. The summed E-state index contributed by atoms with van der Waals surface area (Å²) in [5.74, 6) is -0.882. The van der Waals surface area contributed by atoms with E-state index in [4.69, 9.17) is 16.4 Å². The number of likely N-dealkylation sites (N-methyl/N-ethyl adjacent to an activating group) is 1. The van der Waals surface area contributed by atoms with Gasteiger partial charge in [-0.05, 0) is 36.6 Å². The lowest BCUT2D eigenvalue weighted by molar-refractivity contribution is -0.129. The number of anilines is 1. The summed E-state index contributed by atoms with van der Waals surface area (Å²) < 4.78 is 0. The molecule has 1 unspecified atom stereocenters. The van der Waals surface area contributed by atoms with Crippen LogP contribution in [-0.2, 0) is 4.79 Å². The molecule has 1 aromatic rings. The van der Waals surface area contributed by atoms with Crippen LogP contribution in [0.15, 0.2) is 24.3 Å². The number of carbonyl (C=O) groups is 2. The van der Waals surface area contributed by atoms with Gasteiger partial charge in [-0.2, -0.15) is 5.26 Å². The fourth-order valence-electron chi connectivity index (χ4n) is 2.08. The van der Waals surface area contributed by atoms with Crippen LogP contribution >= 0.6 is 0 Å². The van der Waals surface area contributed by atoms with Gasteiger partial charge in [0.15, 0.2) is 12.2 Å². The van der Waals surface area contributed by atoms with Gasteiger partial charge in [-0.3, -0.25) is 19.9 Å². The van der Waals surface area contributed by atoms with Crippen molar-refractivity contribution >= 4 is 23.5 Å². The molecule has 128 valence electrons. The molecule has 0 aliphatic carbocycles. The van der Waals surface area contributed by atoms with E-state index in [0.717, 1.165) is 4.90 Å². The Hall–Kier alpha value is -3.08. The topological polar surface area (TPSA) is 135 Å². The monoisotopic (exact) mass is 330 g/mol. The van der Waals surface area contributed by atoms with E-state index in [0.29, 0.717) is 17.7 Å². The molecule has 0 aliphatic rings. The average molecular weight is 330 g/mol. The number of rotatable bonds is 6. The van der Waals surface area contributed by atoms with Crippen molar-refractivity contribution < 1.29 is 9.59 Å². The Morgan fingerprint density at radius 3 is 2.38 bits per heavy atom. The minimum Gasteiger partial charge on any atom is -0.370 e. The summed E-state index contributed by atoms with van der Waals surface area (Å²) in [5.41, 5.74) is 6.18. The molecule has 1 atom stereocenters. The molecule has 0 aromatic heterocycles. The molecule has 0 saturated carbocycles. The fraction of sp³-hybridized carbons (Fsp3) is 0.375. The fourth-order valence-corrected chi connectivity index (χ4v) is 2.08. The van der Waals surface area contributed by atoms with Gasteiger partial charge in [0.1, 0.15) is 6.04 Å². The predicted molar refractivity (Wildman–Crippen MR) is 91.1 cm³/mol. The predicted octanol–water partition coefficient (Wildman–Crippen LogP) is 1.08. The van der Waals surface area contributed by atoms with Crippen molar-refractivity contribution in [2.75, 3.05) is 12.4 Å². The molecule has 0 heterocycles. The van der Waals surface area contributed by atoms with Crippen molar-refractivity contribution in [2.45, 2.75) is 26.3 Å². The highest BCUT2D eigenvalue weighted by atomic mass is 16.2. The molecular weight excluding hydrogens is 308 g/mol. The summed E-state index contributed by atoms with van der Waals surface area (Å²) in [7, 11) is 1.37. The Labute approximate surface area is 141 Å². The zero-order chi connectivity index (χ0) is 18.3. The highest BCUT2D eigenvalue weighted by Gasteiger charge is 2.25. The minimum atomic E-state index is -0.767. The summed E-state index contributed by atoms with van der Waals surface area (Å²) in [6.45, 7) is 3.86. The van der Waals surface area contributed by atoms with Crippen LogP contribution in [0.4, 0.5) is 5.69 Å². The lowest BCUT2D eigenvalue weighted by atomic mass is 10.0. The summed E-state index contributed by atoms with van der Waals surface area (Å²) in [6.07, 6.45) is 2.18. The highest BCUT2D eigenvalue weighted by Crippen LogP contribution is 2.11. The number of hydrogen-bond donors (Lipinski definition) is 4. The molecule has 0 fully saturated rings. The molecule has 8 heteroatoms. The van der Waals surface area contributed by atoms with Crippen molar-refractivity contribution in [2.24, 2.45) is 11.7 Å².